The summed E-state index contributed by atoms with van der Waals surface area (Å²) in [5.74, 6) is -4.44. The predicted octanol–water partition coefficient (Wildman–Crippen LogP) is 1.42. The lowest BCUT2D eigenvalue weighted by Crippen LogP contribution is -2.49. The molecule has 0 radical (unpaired) electrons. The lowest BCUT2D eigenvalue weighted by molar-refractivity contribution is -0.314. The van der Waals surface area contributed by atoms with E-state index in [1.807, 2.05) is 0 Å². The van der Waals surface area contributed by atoms with Crippen molar-refractivity contribution in [2.24, 2.45) is 11.8 Å². The molecule has 1 aromatic carbocycles. The lowest BCUT2D eigenvalue weighted by atomic mass is 9.79. The van der Waals surface area contributed by atoms with Gasteiger partial charge in [0.25, 0.3) is 0 Å². The average molecular weight is 429 g/mol. The number of amides is 3. The minimum atomic E-state index is -1.26. The Morgan fingerprint density at radius 1 is 0.964 bits per heavy atom. The second-order valence-electron chi connectivity index (χ2n) is 6.53. The van der Waals surface area contributed by atoms with Gasteiger partial charge in [-0.1, -0.05) is 36.0 Å². The zero-order chi connectivity index (χ0) is 20.7. The van der Waals surface area contributed by atoms with Crippen molar-refractivity contribution in [3.05, 3.63) is 28.2 Å². The second kappa shape index (κ2) is 10.3. The van der Waals surface area contributed by atoms with Crippen LogP contribution in [0.1, 0.15) is 38.5 Å². The molecule has 28 heavy (non-hydrogen) atoms. The standard InChI is InChI=1S/C18H21Cl2N3O5/c19-10-5-6-14(13(20)9-10)21-15(24)7-8-16(25)22-23-17(26)11-3-1-2-4-12(11)18(27)28/h5-6,9,11-12H,1-4,7-8H2,(H,21,24)(H,22,25)(H,23,26)(H,27,28)/p-1/t11-,12+/m0/s1. The summed E-state index contributed by atoms with van der Waals surface area (Å²) >= 11 is 11.7. The van der Waals surface area contributed by atoms with E-state index < -0.39 is 35.5 Å². The van der Waals surface area contributed by atoms with Crippen molar-refractivity contribution in [2.45, 2.75) is 38.5 Å². The molecular formula is C18H20Cl2N3O5-. The van der Waals surface area contributed by atoms with Crippen LogP contribution in [0.2, 0.25) is 10.0 Å². The Morgan fingerprint density at radius 2 is 1.61 bits per heavy atom. The Balaban J connectivity index is 1.75. The van der Waals surface area contributed by atoms with Gasteiger partial charge >= 0.3 is 0 Å². The number of carboxylic acid groups (broad SMARTS) is 1. The first-order chi connectivity index (χ1) is 13.3. The van der Waals surface area contributed by atoms with Crippen LogP contribution in [-0.4, -0.2) is 23.7 Å². The summed E-state index contributed by atoms with van der Waals surface area (Å²) in [6.07, 6.45) is 1.95. The monoisotopic (exact) mass is 428 g/mol. The Bertz CT molecular complexity index is 772. The van der Waals surface area contributed by atoms with Crippen LogP contribution >= 0.6 is 23.2 Å². The normalized spacial score (nSPS) is 18.8. The molecule has 2 rings (SSSR count). The highest BCUT2D eigenvalue weighted by Gasteiger charge is 2.31. The summed E-state index contributed by atoms with van der Waals surface area (Å²) in [5, 5.41) is 14.4. The van der Waals surface area contributed by atoms with E-state index in [2.05, 4.69) is 16.2 Å². The van der Waals surface area contributed by atoms with Crippen LogP contribution in [0.15, 0.2) is 18.2 Å². The first-order valence-corrected chi connectivity index (χ1v) is 9.58. The van der Waals surface area contributed by atoms with Gasteiger partial charge in [-0.15, -0.1) is 0 Å². The molecule has 8 nitrogen and oxygen atoms in total. The van der Waals surface area contributed by atoms with Crippen molar-refractivity contribution >= 4 is 52.6 Å². The molecule has 0 saturated heterocycles. The van der Waals surface area contributed by atoms with Crippen molar-refractivity contribution in [2.75, 3.05) is 5.32 Å². The Kier molecular flexibility index (Phi) is 8.07. The molecular weight excluding hydrogens is 409 g/mol. The molecule has 1 aromatic rings. The molecule has 1 aliphatic carbocycles. The molecule has 10 heteroatoms. The Hall–Kier alpha value is -2.32. The minimum Gasteiger partial charge on any atom is -0.550 e. The molecule has 3 amide bonds. The predicted molar refractivity (Wildman–Crippen MR) is 101 cm³/mol. The quantitative estimate of drug-likeness (QED) is 0.590. The highest BCUT2D eigenvalue weighted by molar-refractivity contribution is 6.36. The van der Waals surface area contributed by atoms with Gasteiger partial charge in [0.05, 0.1) is 10.7 Å². The molecule has 0 aromatic heterocycles. The van der Waals surface area contributed by atoms with E-state index in [0.717, 1.165) is 12.8 Å². The fourth-order valence-electron chi connectivity index (χ4n) is 3.04. The van der Waals surface area contributed by atoms with Gasteiger partial charge in [0, 0.05) is 35.7 Å². The topological polar surface area (TPSA) is 127 Å². The van der Waals surface area contributed by atoms with E-state index in [4.69, 9.17) is 23.2 Å². The van der Waals surface area contributed by atoms with E-state index in [1.54, 1.807) is 12.1 Å². The number of hydrazine groups is 1. The van der Waals surface area contributed by atoms with Crippen LogP contribution in [0, 0.1) is 11.8 Å². The number of rotatable bonds is 6. The molecule has 1 saturated carbocycles. The SMILES string of the molecule is O=C(CCC(=O)Nc1ccc(Cl)cc1Cl)NNC(=O)[C@H]1CCCC[C@H]1C(=O)[O-]. The van der Waals surface area contributed by atoms with Gasteiger partial charge in [-0.05, 0) is 31.0 Å². The van der Waals surface area contributed by atoms with Crippen molar-refractivity contribution in [1.29, 1.82) is 0 Å². The third kappa shape index (κ3) is 6.38. The first kappa shape index (κ1) is 22.0. The number of benzene rings is 1. The molecule has 0 aliphatic heterocycles. The maximum atomic E-state index is 12.1. The first-order valence-electron chi connectivity index (χ1n) is 8.82. The molecule has 0 unspecified atom stereocenters. The van der Waals surface area contributed by atoms with Crippen molar-refractivity contribution < 1.29 is 24.3 Å². The van der Waals surface area contributed by atoms with Gasteiger partial charge in [0.2, 0.25) is 17.7 Å². The Morgan fingerprint density at radius 3 is 2.25 bits per heavy atom. The van der Waals surface area contributed by atoms with Gasteiger partial charge in [-0.2, -0.15) is 0 Å². The summed E-state index contributed by atoms with van der Waals surface area (Å²) in [6.45, 7) is 0. The van der Waals surface area contributed by atoms with E-state index >= 15 is 0 Å². The molecule has 0 spiro atoms. The Labute approximate surface area is 171 Å². The highest BCUT2D eigenvalue weighted by atomic mass is 35.5. The van der Waals surface area contributed by atoms with E-state index in [-0.39, 0.29) is 17.9 Å². The number of nitrogens with one attached hydrogen (secondary N) is 3. The molecule has 152 valence electrons. The van der Waals surface area contributed by atoms with Crippen molar-refractivity contribution in [3.63, 3.8) is 0 Å². The maximum Gasteiger partial charge on any atom is 0.242 e. The molecule has 0 heterocycles. The smallest absolute Gasteiger partial charge is 0.242 e. The van der Waals surface area contributed by atoms with E-state index in [9.17, 15) is 24.3 Å². The number of halogens is 2. The molecule has 1 aliphatic rings. The summed E-state index contributed by atoms with van der Waals surface area (Å²) in [4.78, 5) is 47.0. The number of carboxylic acids is 1. The number of anilines is 1. The number of carbonyl (C=O) groups excluding carboxylic acids is 4. The van der Waals surface area contributed by atoms with Crippen molar-refractivity contribution in [1.82, 2.24) is 10.9 Å². The van der Waals surface area contributed by atoms with Crippen LogP contribution in [0.4, 0.5) is 5.69 Å². The van der Waals surface area contributed by atoms with Gasteiger partial charge in [0.15, 0.2) is 0 Å². The van der Waals surface area contributed by atoms with Crippen LogP contribution in [0.25, 0.3) is 0 Å². The van der Waals surface area contributed by atoms with Gasteiger partial charge < -0.3 is 15.2 Å². The fourth-order valence-corrected chi connectivity index (χ4v) is 3.50. The molecule has 2 atom stereocenters. The van der Waals surface area contributed by atoms with E-state index in [1.165, 1.54) is 6.07 Å². The molecule has 3 N–H and O–H groups in total. The number of aliphatic carboxylic acids is 1. The zero-order valence-electron chi connectivity index (χ0n) is 14.9. The summed E-state index contributed by atoms with van der Waals surface area (Å²) in [7, 11) is 0. The number of carbonyl (C=O) groups is 4. The average Bonchev–Trinajstić information content (AvgIpc) is 2.66. The summed E-state index contributed by atoms with van der Waals surface area (Å²) in [5.41, 5.74) is 4.80. The third-order valence-electron chi connectivity index (χ3n) is 4.51. The van der Waals surface area contributed by atoms with Crippen LogP contribution < -0.4 is 21.3 Å². The van der Waals surface area contributed by atoms with Gasteiger partial charge in [-0.25, -0.2) is 0 Å². The summed E-state index contributed by atoms with van der Waals surface area (Å²) < 4.78 is 0. The molecule has 0 bridgehead atoms. The minimum absolute atomic E-state index is 0.133. The largest absolute Gasteiger partial charge is 0.550 e. The zero-order valence-corrected chi connectivity index (χ0v) is 16.4. The number of hydrogen-bond donors (Lipinski definition) is 3. The number of hydrogen-bond acceptors (Lipinski definition) is 5. The fraction of sp³-hybridized carbons (Fsp3) is 0.444. The van der Waals surface area contributed by atoms with Crippen LogP contribution in [0.3, 0.4) is 0 Å². The second-order valence-corrected chi connectivity index (χ2v) is 7.37. The maximum absolute atomic E-state index is 12.1. The van der Waals surface area contributed by atoms with Gasteiger partial charge in [0.1, 0.15) is 0 Å². The molecule has 1 fully saturated rings. The van der Waals surface area contributed by atoms with Gasteiger partial charge in [-0.3, -0.25) is 25.2 Å². The third-order valence-corrected chi connectivity index (χ3v) is 5.06. The van der Waals surface area contributed by atoms with Crippen molar-refractivity contribution in [3.8, 4) is 0 Å². The highest BCUT2D eigenvalue weighted by Crippen LogP contribution is 2.29. The van der Waals surface area contributed by atoms with Crippen LogP contribution in [0.5, 0.6) is 0 Å². The lowest BCUT2D eigenvalue weighted by Gasteiger charge is -2.31. The van der Waals surface area contributed by atoms with Crippen LogP contribution in [-0.2, 0) is 19.2 Å². The summed E-state index contributed by atoms with van der Waals surface area (Å²) in [6, 6.07) is 4.59. The van der Waals surface area contributed by atoms with E-state index in [0.29, 0.717) is 23.6 Å².